The highest BCUT2D eigenvalue weighted by Gasteiger charge is 2.18. The van der Waals surface area contributed by atoms with Crippen LogP contribution >= 0.6 is 0 Å². The molecule has 1 rings (SSSR count). The Kier molecular flexibility index (Phi) is 4.88. The third-order valence-electron chi connectivity index (χ3n) is 2.30. The van der Waals surface area contributed by atoms with Crippen molar-refractivity contribution in [2.45, 2.75) is 12.5 Å². The highest BCUT2D eigenvalue weighted by molar-refractivity contribution is 5.91. The molecule has 1 aromatic rings. The van der Waals surface area contributed by atoms with Gasteiger partial charge in [0.05, 0.1) is 6.61 Å². The molecule has 0 spiro atoms. The first-order valence-electron chi connectivity index (χ1n) is 5.51. The first kappa shape index (κ1) is 14.2. The summed E-state index contributed by atoms with van der Waals surface area (Å²) in [5.74, 6) is -0.201. The number of rotatable bonds is 5. The average Bonchev–Trinajstić information content (AvgIpc) is 2.36. The van der Waals surface area contributed by atoms with Gasteiger partial charge in [-0.3, -0.25) is 4.79 Å². The second kappa shape index (κ2) is 6.18. The van der Waals surface area contributed by atoms with E-state index in [0.717, 1.165) is 5.56 Å². The summed E-state index contributed by atoms with van der Waals surface area (Å²) in [5, 5.41) is 29.8. The molecule has 98 valence electrons. The summed E-state index contributed by atoms with van der Waals surface area (Å²) < 4.78 is 0. The molecule has 5 nitrogen and oxygen atoms in total. The molecule has 0 bridgehead atoms. The van der Waals surface area contributed by atoms with Gasteiger partial charge < -0.3 is 20.6 Å². The number of benzene rings is 1. The molecule has 1 unspecified atom stereocenters. The molecule has 1 amide bonds. The van der Waals surface area contributed by atoms with E-state index in [1.54, 1.807) is 18.2 Å². The van der Waals surface area contributed by atoms with Crippen LogP contribution in [0.25, 0.3) is 6.08 Å². The Bertz CT molecular complexity index is 423. The van der Waals surface area contributed by atoms with E-state index in [-0.39, 0.29) is 18.2 Å². The Morgan fingerprint density at radius 2 is 2.00 bits per heavy atom. The highest BCUT2D eigenvalue weighted by Crippen LogP contribution is 2.10. The minimum Gasteiger partial charge on any atom is -0.508 e. The van der Waals surface area contributed by atoms with Crippen molar-refractivity contribution in [3.8, 4) is 5.75 Å². The van der Waals surface area contributed by atoms with Crippen molar-refractivity contribution in [3.63, 3.8) is 0 Å². The van der Waals surface area contributed by atoms with Crippen molar-refractivity contribution in [2.24, 2.45) is 0 Å². The van der Waals surface area contributed by atoms with Crippen molar-refractivity contribution in [1.82, 2.24) is 5.32 Å². The zero-order chi connectivity index (χ0) is 13.6. The number of hydrogen-bond acceptors (Lipinski definition) is 4. The molecule has 0 saturated heterocycles. The summed E-state index contributed by atoms with van der Waals surface area (Å²) >= 11 is 0. The van der Waals surface area contributed by atoms with Gasteiger partial charge >= 0.3 is 0 Å². The predicted molar refractivity (Wildman–Crippen MR) is 67.9 cm³/mol. The summed E-state index contributed by atoms with van der Waals surface area (Å²) in [7, 11) is 0. The predicted octanol–water partition coefficient (Wildman–Crippen LogP) is 0.265. The fourth-order valence-electron chi connectivity index (χ4n) is 1.15. The number of phenolic OH excluding ortho intramolecular Hbond substituents is 1. The lowest BCUT2D eigenvalue weighted by Gasteiger charge is -2.19. The zero-order valence-corrected chi connectivity index (χ0v) is 10.1. The Labute approximate surface area is 105 Å². The van der Waals surface area contributed by atoms with Crippen LogP contribution in [-0.2, 0) is 4.79 Å². The molecule has 5 heteroatoms. The van der Waals surface area contributed by atoms with Crippen molar-refractivity contribution < 1.29 is 20.1 Å². The van der Waals surface area contributed by atoms with Gasteiger partial charge in [-0.2, -0.15) is 0 Å². The molecular weight excluding hydrogens is 234 g/mol. The molecule has 0 heterocycles. The van der Waals surface area contributed by atoms with Crippen molar-refractivity contribution in [3.05, 3.63) is 35.9 Å². The van der Waals surface area contributed by atoms with E-state index in [1.807, 2.05) is 0 Å². The van der Waals surface area contributed by atoms with E-state index in [0.29, 0.717) is 0 Å². The van der Waals surface area contributed by atoms with E-state index in [4.69, 9.17) is 10.2 Å². The first-order chi connectivity index (χ1) is 8.43. The number of aromatic hydroxyl groups is 1. The molecule has 0 aromatic heterocycles. The molecule has 0 saturated carbocycles. The summed E-state index contributed by atoms with van der Waals surface area (Å²) in [6.07, 6.45) is 2.91. The average molecular weight is 251 g/mol. The van der Waals surface area contributed by atoms with Gasteiger partial charge in [0.15, 0.2) is 0 Å². The van der Waals surface area contributed by atoms with E-state index >= 15 is 0 Å². The Hall–Kier alpha value is -1.85. The van der Waals surface area contributed by atoms with Crippen LogP contribution in [0.2, 0.25) is 0 Å². The van der Waals surface area contributed by atoms with Gasteiger partial charge in [-0.1, -0.05) is 12.1 Å². The van der Waals surface area contributed by atoms with Gasteiger partial charge in [0.25, 0.3) is 0 Å². The normalized spacial score (nSPS) is 14.4. The molecule has 0 aliphatic carbocycles. The van der Waals surface area contributed by atoms with Crippen LogP contribution in [0.3, 0.4) is 0 Å². The maximum Gasteiger partial charge on any atom is 0.244 e. The lowest BCUT2D eigenvalue weighted by molar-refractivity contribution is -0.117. The van der Waals surface area contributed by atoms with E-state index in [2.05, 4.69) is 5.32 Å². The molecule has 0 aliphatic rings. The summed E-state index contributed by atoms with van der Waals surface area (Å²) in [4.78, 5) is 11.4. The Morgan fingerprint density at radius 3 is 2.56 bits per heavy atom. The van der Waals surface area contributed by atoms with Crippen LogP contribution in [0.4, 0.5) is 0 Å². The van der Waals surface area contributed by atoms with Gasteiger partial charge in [0.2, 0.25) is 5.91 Å². The molecule has 4 N–H and O–H groups in total. The van der Waals surface area contributed by atoms with Crippen LogP contribution in [0, 0.1) is 0 Å². The fourth-order valence-corrected chi connectivity index (χ4v) is 1.15. The number of carbonyl (C=O) groups excluding carboxylic acids is 1. The topological polar surface area (TPSA) is 89.8 Å². The minimum atomic E-state index is -1.32. The lowest BCUT2D eigenvalue weighted by Crippen LogP contribution is -2.42. The molecule has 0 fully saturated rings. The van der Waals surface area contributed by atoms with Crippen LogP contribution in [0.15, 0.2) is 30.3 Å². The van der Waals surface area contributed by atoms with Crippen molar-refractivity contribution in [2.75, 3.05) is 13.2 Å². The van der Waals surface area contributed by atoms with Crippen LogP contribution in [-0.4, -0.2) is 40.0 Å². The second-order valence-corrected chi connectivity index (χ2v) is 4.30. The van der Waals surface area contributed by atoms with Crippen molar-refractivity contribution >= 4 is 12.0 Å². The van der Waals surface area contributed by atoms with E-state index < -0.39 is 12.2 Å². The SMILES string of the molecule is CC(O)(CO)CNC(=O)C=Cc1ccc(O)cc1. The number of carbonyl (C=O) groups is 1. The molecule has 0 aliphatic heterocycles. The summed E-state index contributed by atoms with van der Waals surface area (Å²) in [6.45, 7) is 0.980. The van der Waals surface area contributed by atoms with Gasteiger partial charge in [0, 0.05) is 12.6 Å². The fraction of sp³-hybridized carbons (Fsp3) is 0.308. The minimum absolute atomic E-state index is 0.0255. The van der Waals surface area contributed by atoms with Gasteiger partial charge in [-0.05, 0) is 30.7 Å². The molecule has 1 atom stereocenters. The van der Waals surface area contributed by atoms with E-state index in [9.17, 15) is 9.90 Å². The van der Waals surface area contributed by atoms with Crippen molar-refractivity contribution in [1.29, 1.82) is 0 Å². The maximum atomic E-state index is 11.4. The zero-order valence-electron chi connectivity index (χ0n) is 10.1. The standard InChI is InChI=1S/C13H17NO4/c1-13(18,9-15)8-14-12(17)7-4-10-2-5-11(16)6-3-10/h2-7,15-16,18H,8-9H2,1H3,(H,14,17). The third-order valence-corrected chi connectivity index (χ3v) is 2.30. The summed E-state index contributed by atoms with van der Waals surface area (Å²) in [6, 6.07) is 6.38. The molecule has 1 aromatic carbocycles. The highest BCUT2D eigenvalue weighted by atomic mass is 16.3. The monoisotopic (exact) mass is 251 g/mol. The molecule has 0 radical (unpaired) electrons. The first-order valence-corrected chi connectivity index (χ1v) is 5.51. The lowest BCUT2D eigenvalue weighted by atomic mass is 10.1. The number of aliphatic hydroxyl groups is 2. The van der Waals surface area contributed by atoms with E-state index in [1.165, 1.54) is 25.1 Å². The number of nitrogens with one attached hydrogen (secondary N) is 1. The van der Waals surface area contributed by atoms with Gasteiger partial charge in [-0.25, -0.2) is 0 Å². The largest absolute Gasteiger partial charge is 0.508 e. The Morgan fingerprint density at radius 1 is 1.39 bits per heavy atom. The summed E-state index contributed by atoms with van der Waals surface area (Å²) in [5.41, 5.74) is -0.543. The van der Waals surface area contributed by atoms with Gasteiger partial charge in [0.1, 0.15) is 11.4 Å². The van der Waals surface area contributed by atoms with Gasteiger partial charge in [-0.15, -0.1) is 0 Å². The number of amides is 1. The van der Waals surface area contributed by atoms with Crippen LogP contribution < -0.4 is 5.32 Å². The number of hydrogen-bond donors (Lipinski definition) is 4. The quantitative estimate of drug-likeness (QED) is 0.565. The third kappa shape index (κ3) is 4.99. The molecular formula is C13H17NO4. The number of phenols is 1. The number of aliphatic hydroxyl groups excluding tert-OH is 1. The Balaban J connectivity index is 2.47. The maximum absolute atomic E-state index is 11.4. The second-order valence-electron chi connectivity index (χ2n) is 4.30. The van der Waals surface area contributed by atoms with Crippen LogP contribution in [0.1, 0.15) is 12.5 Å². The smallest absolute Gasteiger partial charge is 0.244 e. The van der Waals surface area contributed by atoms with Crippen LogP contribution in [0.5, 0.6) is 5.75 Å². The molecule has 18 heavy (non-hydrogen) atoms.